The van der Waals surface area contributed by atoms with Crippen molar-refractivity contribution in [1.29, 1.82) is 5.26 Å². The van der Waals surface area contributed by atoms with E-state index in [0.29, 0.717) is 22.0 Å². The van der Waals surface area contributed by atoms with E-state index in [1.165, 1.54) is 0 Å². The highest BCUT2D eigenvalue weighted by Gasteiger charge is 2.13. The summed E-state index contributed by atoms with van der Waals surface area (Å²) in [6.07, 6.45) is 3.40. The van der Waals surface area contributed by atoms with Gasteiger partial charge in [0.15, 0.2) is 0 Å². The lowest BCUT2D eigenvalue weighted by Gasteiger charge is -2.10. The molecule has 0 radical (unpaired) electrons. The van der Waals surface area contributed by atoms with E-state index in [1.807, 2.05) is 30.3 Å². The summed E-state index contributed by atoms with van der Waals surface area (Å²) in [5, 5.41) is 16.3. The first kappa shape index (κ1) is 19.2. The highest BCUT2D eigenvalue weighted by molar-refractivity contribution is 6.30. The van der Waals surface area contributed by atoms with Gasteiger partial charge in [-0.25, -0.2) is 4.98 Å². The monoisotopic (exact) mass is 414 g/mol. The van der Waals surface area contributed by atoms with Crippen molar-refractivity contribution in [3.63, 3.8) is 0 Å². The molecule has 7 nitrogen and oxygen atoms in total. The van der Waals surface area contributed by atoms with Gasteiger partial charge in [0.25, 0.3) is 5.56 Å². The van der Waals surface area contributed by atoms with E-state index in [4.69, 9.17) is 11.6 Å². The molecule has 0 aliphatic heterocycles. The van der Waals surface area contributed by atoms with Gasteiger partial charge in [-0.05, 0) is 48.5 Å². The van der Waals surface area contributed by atoms with Gasteiger partial charge in [-0.2, -0.15) is 5.26 Å². The van der Waals surface area contributed by atoms with Crippen molar-refractivity contribution in [3.8, 4) is 17.3 Å². The number of pyridine rings is 1. The van der Waals surface area contributed by atoms with Crippen molar-refractivity contribution >= 4 is 34.6 Å². The fourth-order valence-electron chi connectivity index (χ4n) is 2.83. The highest BCUT2D eigenvalue weighted by atomic mass is 35.5. The fourth-order valence-corrected chi connectivity index (χ4v) is 2.95. The lowest BCUT2D eigenvalue weighted by Crippen LogP contribution is -2.16. The molecule has 0 spiro atoms. The van der Waals surface area contributed by atoms with Crippen LogP contribution < -0.4 is 16.2 Å². The number of nitrogens with one attached hydrogen (secondary N) is 3. The predicted octanol–water partition coefficient (Wildman–Crippen LogP) is 4.84. The Morgan fingerprint density at radius 1 is 0.867 bits per heavy atom. The molecule has 2 aromatic heterocycles. The lowest BCUT2D eigenvalue weighted by molar-refractivity contribution is 1.11. The van der Waals surface area contributed by atoms with Crippen molar-refractivity contribution in [1.82, 2.24) is 15.0 Å². The summed E-state index contributed by atoms with van der Waals surface area (Å²) in [6, 6.07) is 19.9. The van der Waals surface area contributed by atoms with Gasteiger partial charge in [-0.1, -0.05) is 23.7 Å². The van der Waals surface area contributed by atoms with Crippen molar-refractivity contribution < 1.29 is 0 Å². The molecule has 30 heavy (non-hydrogen) atoms. The van der Waals surface area contributed by atoms with Gasteiger partial charge in [-0.3, -0.25) is 14.8 Å². The number of anilines is 4. The predicted molar refractivity (Wildman–Crippen MR) is 117 cm³/mol. The van der Waals surface area contributed by atoms with Crippen LogP contribution in [-0.2, 0) is 0 Å². The first-order chi connectivity index (χ1) is 14.6. The molecule has 8 heteroatoms. The van der Waals surface area contributed by atoms with Gasteiger partial charge in [0, 0.05) is 40.0 Å². The third kappa shape index (κ3) is 4.29. The highest BCUT2D eigenvalue weighted by Crippen LogP contribution is 2.25. The van der Waals surface area contributed by atoms with Crippen LogP contribution in [0.25, 0.3) is 11.3 Å². The Labute approximate surface area is 177 Å². The summed E-state index contributed by atoms with van der Waals surface area (Å²) in [5.74, 6) is 0.232. The summed E-state index contributed by atoms with van der Waals surface area (Å²) >= 11 is 5.90. The second kappa shape index (κ2) is 8.47. The molecule has 0 aliphatic carbocycles. The lowest BCUT2D eigenvalue weighted by atomic mass is 10.1. The second-order valence-corrected chi connectivity index (χ2v) is 6.76. The maximum atomic E-state index is 12.4. The number of hydrogen-bond donors (Lipinski definition) is 3. The number of aromatic amines is 1. The Morgan fingerprint density at radius 2 is 1.47 bits per heavy atom. The molecule has 146 valence electrons. The minimum absolute atomic E-state index is 0.0495. The quantitative estimate of drug-likeness (QED) is 0.431. The van der Waals surface area contributed by atoms with Crippen LogP contribution >= 0.6 is 11.6 Å². The van der Waals surface area contributed by atoms with Crippen LogP contribution in [0.2, 0.25) is 5.02 Å². The maximum Gasteiger partial charge on any atom is 0.270 e. The molecule has 0 unspecified atom stereocenters. The van der Waals surface area contributed by atoms with E-state index in [0.717, 1.165) is 11.4 Å². The number of nitriles is 1. The maximum absolute atomic E-state index is 12.4. The molecule has 2 aromatic carbocycles. The van der Waals surface area contributed by atoms with Crippen molar-refractivity contribution in [3.05, 3.63) is 94.0 Å². The summed E-state index contributed by atoms with van der Waals surface area (Å²) < 4.78 is 0. The third-order valence-corrected chi connectivity index (χ3v) is 4.52. The molecule has 0 bridgehead atoms. The minimum atomic E-state index is -0.516. The molecule has 0 saturated heterocycles. The Kier molecular flexibility index (Phi) is 5.42. The van der Waals surface area contributed by atoms with Crippen LogP contribution in [0.5, 0.6) is 0 Å². The van der Waals surface area contributed by atoms with E-state index in [-0.39, 0.29) is 11.5 Å². The minimum Gasteiger partial charge on any atom is -0.355 e. The molecule has 0 fully saturated rings. The number of benzene rings is 2. The molecule has 0 atom stereocenters. The number of rotatable bonds is 5. The Morgan fingerprint density at radius 3 is 2.13 bits per heavy atom. The molecule has 4 rings (SSSR count). The number of aromatic nitrogens is 3. The molecule has 3 N–H and O–H groups in total. The van der Waals surface area contributed by atoms with E-state index in [2.05, 4.69) is 25.6 Å². The zero-order valence-electron chi connectivity index (χ0n) is 15.6. The van der Waals surface area contributed by atoms with Crippen molar-refractivity contribution in [2.75, 3.05) is 10.6 Å². The zero-order valence-corrected chi connectivity index (χ0v) is 16.3. The topological polar surface area (TPSA) is 106 Å². The number of nitrogens with zero attached hydrogens (tertiary/aromatic N) is 3. The SMILES string of the molecule is N#Cc1c(-c2ccc(Nc3ccncc3)cc2)nc(Nc2ccc(Cl)cc2)[nH]c1=O. The zero-order chi connectivity index (χ0) is 20.9. The van der Waals surface area contributed by atoms with E-state index < -0.39 is 5.56 Å². The molecule has 0 saturated carbocycles. The number of halogens is 1. The number of H-pyrrole nitrogens is 1. The van der Waals surface area contributed by atoms with Gasteiger partial charge in [-0.15, -0.1) is 0 Å². The first-order valence-corrected chi connectivity index (χ1v) is 9.35. The number of hydrogen-bond acceptors (Lipinski definition) is 6. The Bertz CT molecular complexity index is 1260. The summed E-state index contributed by atoms with van der Waals surface area (Å²) in [7, 11) is 0. The van der Waals surface area contributed by atoms with Crippen LogP contribution in [-0.4, -0.2) is 15.0 Å². The summed E-state index contributed by atoms with van der Waals surface area (Å²) in [5.41, 5.74) is 2.84. The summed E-state index contributed by atoms with van der Waals surface area (Å²) in [6.45, 7) is 0. The average molecular weight is 415 g/mol. The molecule has 0 amide bonds. The van der Waals surface area contributed by atoms with Crippen molar-refractivity contribution in [2.24, 2.45) is 0 Å². The van der Waals surface area contributed by atoms with Crippen LogP contribution in [0.15, 0.2) is 77.9 Å². The molecule has 2 heterocycles. The Hall–Kier alpha value is -4.15. The Balaban J connectivity index is 1.65. The van der Waals surface area contributed by atoms with Crippen LogP contribution in [0.3, 0.4) is 0 Å². The van der Waals surface area contributed by atoms with Crippen LogP contribution in [0.1, 0.15) is 5.56 Å². The van der Waals surface area contributed by atoms with Gasteiger partial charge in [0.2, 0.25) is 5.95 Å². The average Bonchev–Trinajstić information content (AvgIpc) is 2.76. The molecule has 0 aliphatic rings. The van der Waals surface area contributed by atoms with E-state index in [1.54, 1.807) is 48.8 Å². The van der Waals surface area contributed by atoms with E-state index >= 15 is 0 Å². The standard InChI is InChI=1S/C22H15ClN6O/c23-15-3-7-17(8-4-15)27-22-28-20(19(13-24)21(30)29-22)14-1-5-16(6-2-14)26-18-9-11-25-12-10-18/h1-12H,(H,25,26)(H2,27,28,29,30). The second-order valence-electron chi connectivity index (χ2n) is 6.32. The molecule has 4 aromatic rings. The molecular formula is C22H15ClN6O. The smallest absolute Gasteiger partial charge is 0.270 e. The molecular weight excluding hydrogens is 400 g/mol. The van der Waals surface area contributed by atoms with E-state index in [9.17, 15) is 10.1 Å². The van der Waals surface area contributed by atoms with Gasteiger partial charge in [0.05, 0.1) is 5.69 Å². The van der Waals surface area contributed by atoms with Crippen molar-refractivity contribution in [2.45, 2.75) is 0 Å². The third-order valence-electron chi connectivity index (χ3n) is 4.27. The van der Waals surface area contributed by atoms with Gasteiger partial charge >= 0.3 is 0 Å². The van der Waals surface area contributed by atoms with Gasteiger partial charge in [0.1, 0.15) is 11.6 Å². The fraction of sp³-hybridized carbons (Fsp3) is 0. The summed E-state index contributed by atoms with van der Waals surface area (Å²) in [4.78, 5) is 23.5. The largest absolute Gasteiger partial charge is 0.355 e. The van der Waals surface area contributed by atoms with Gasteiger partial charge < -0.3 is 10.6 Å². The normalized spacial score (nSPS) is 10.3. The first-order valence-electron chi connectivity index (χ1n) is 8.97. The van der Waals surface area contributed by atoms with Crippen LogP contribution in [0, 0.1) is 11.3 Å². The van der Waals surface area contributed by atoms with Crippen LogP contribution in [0.4, 0.5) is 23.0 Å².